The third-order valence-corrected chi connectivity index (χ3v) is 6.16. The summed E-state index contributed by atoms with van der Waals surface area (Å²) in [6.07, 6.45) is 6.33. The van der Waals surface area contributed by atoms with Crippen molar-refractivity contribution in [3.05, 3.63) is 0 Å². The van der Waals surface area contributed by atoms with E-state index >= 15 is 0 Å². The first-order valence-electron chi connectivity index (χ1n) is 8.72. The molecular weight excluding hydrogens is 296 g/mol. The van der Waals surface area contributed by atoms with Crippen molar-refractivity contribution in [3.8, 4) is 0 Å². The molecule has 2 N–H and O–H groups in total. The molecule has 0 aromatic carbocycles. The molecule has 2 saturated heterocycles. The second-order valence-corrected chi connectivity index (χ2v) is 8.20. The van der Waals surface area contributed by atoms with E-state index in [2.05, 4.69) is 24.5 Å². The van der Waals surface area contributed by atoms with Crippen molar-refractivity contribution in [1.29, 1.82) is 0 Å². The summed E-state index contributed by atoms with van der Waals surface area (Å²) < 4.78 is 0. The van der Waals surface area contributed by atoms with Gasteiger partial charge in [0, 0.05) is 36.6 Å². The molecule has 0 radical (unpaired) electrons. The first-order valence-corrected chi connectivity index (χ1v) is 9.77. The van der Waals surface area contributed by atoms with Crippen LogP contribution in [0.1, 0.15) is 58.8 Å². The summed E-state index contributed by atoms with van der Waals surface area (Å²) in [6, 6.07) is 0.897. The van der Waals surface area contributed by atoms with Crippen LogP contribution in [0.15, 0.2) is 0 Å². The zero-order valence-corrected chi connectivity index (χ0v) is 14.7. The number of ketones is 1. The molecule has 2 fully saturated rings. The van der Waals surface area contributed by atoms with Gasteiger partial charge in [0.15, 0.2) is 0 Å². The summed E-state index contributed by atoms with van der Waals surface area (Å²) >= 11 is 2.01. The van der Waals surface area contributed by atoms with Gasteiger partial charge in [0.1, 0.15) is 5.78 Å². The van der Waals surface area contributed by atoms with Gasteiger partial charge < -0.3 is 10.6 Å². The highest BCUT2D eigenvalue weighted by molar-refractivity contribution is 8.00. The minimum atomic E-state index is 0.227. The Balaban J connectivity index is 1.50. The van der Waals surface area contributed by atoms with Crippen LogP contribution in [-0.4, -0.2) is 41.3 Å². The van der Waals surface area contributed by atoms with Gasteiger partial charge in [-0.1, -0.05) is 20.3 Å². The molecule has 0 aromatic heterocycles. The Morgan fingerprint density at radius 1 is 1.32 bits per heavy atom. The third kappa shape index (κ3) is 5.58. The van der Waals surface area contributed by atoms with Crippen molar-refractivity contribution in [1.82, 2.24) is 10.6 Å². The lowest BCUT2D eigenvalue weighted by Crippen LogP contribution is -2.34. The Hall–Kier alpha value is -0.550. The van der Waals surface area contributed by atoms with Crippen molar-refractivity contribution in [2.24, 2.45) is 5.92 Å². The zero-order chi connectivity index (χ0) is 15.9. The molecule has 22 heavy (non-hydrogen) atoms. The lowest BCUT2D eigenvalue weighted by Gasteiger charge is -2.17. The number of nitrogens with one attached hydrogen (secondary N) is 2. The fraction of sp³-hybridized carbons (Fsp3) is 0.882. The second kappa shape index (κ2) is 8.92. The molecule has 0 spiro atoms. The molecule has 2 heterocycles. The minimum absolute atomic E-state index is 0.227. The van der Waals surface area contributed by atoms with Gasteiger partial charge in [-0.3, -0.25) is 9.59 Å². The van der Waals surface area contributed by atoms with Crippen LogP contribution in [0.5, 0.6) is 0 Å². The Bertz CT molecular complexity index is 387. The maximum absolute atomic E-state index is 11.8. The number of unbranched alkanes of at least 4 members (excludes halogenated alkanes) is 1. The lowest BCUT2D eigenvalue weighted by atomic mass is 9.97. The molecular formula is C17H30N2O2S. The van der Waals surface area contributed by atoms with Gasteiger partial charge >= 0.3 is 0 Å². The molecule has 1 amide bonds. The molecule has 2 aliphatic heterocycles. The molecule has 2 rings (SSSR count). The van der Waals surface area contributed by atoms with E-state index in [-0.39, 0.29) is 5.91 Å². The van der Waals surface area contributed by atoms with Crippen molar-refractivity contribution >= 4 is 23.5 Å². The second-order valence-electron chi connectivity index (χ2n) is 6.93. The summed E-state index contributed by atoms with van der Waals surface area (Å²) in [7, 11) is 0. The predicted molar refractivity (Wildman–Crippen MR) is 92.1 cm³/mol. The van der Waals surface area contributed by atoms with Gasteiger partial charge in [-0.2, -0.15) is 11.8 Å². The average molecular weight is 327 g/mol. The Morgan fingerprint density at radius 3 is 2.86 bits per heavy atom. The number of hydrogen-bond donors (Lipinski definition) is 2. The molecule has 0 aromatic rings. The quantitative estimate of drug-likeness (QED) is 0.606. The van der Waals surface area contributed by atoms with Gasteiger partial charge in [0.2, 0.25) is 5.91 Å². The number of fused-ring (bicyclic) bond motifs is 1. The Morgan fingerprint density at radius 2 is 2.09 bits per heavy atom. The van der Waals surface area contributed by atoms with E-state index in [9.17, 15) is 9.59 Å². The number of Topliss-reactive ketones (excluding diaryl/α,β-unsaturated/α-hetero) is 1. The van der Waals surface area contributed by atoms with Crippen LogP contribution in [-0.2, 0) is 9.59 Å². The molecule has 126 valence electrons. The van der Waals surface area contributed by atoms with E-state index in [1.165, 1.54) is 0 Å². The monoisotopic (exact) mass is 326 g/mol. The summed E-state index contributed by atoms with van der Waals surface area (Å²) in [6.45, 7) is 5.19. The van der Waals surface area contributed by atoms with Gasteiger partial charge in [0.25, 0.3) is 0 Å². The fourth-order valence-electron chi connectivity index (χ4n) is 3.37. The number of amides is 1. The van der Waals surface area contributed by atoms with Crippen LogP contribution < -0.4 is 10.6 Å². The normalized spacial score (nSPS) is 27.2. The third-order valence-electron chi connectivity index (χ3n) is 4.59. The number of carbonyl (C=O) groups is 2. The maximum Gasteiger partial charge on any atom is 0.220 e. The van der Waals surface area contributed by atoms with Gasteiger partial charge in [-0.05, 0) is 37.5 Å². The molecule has 3 atom stereocenters. The van der Waals surface area contributed by atoms with Gasteiger partial charge in [-0.15, -0.1) is 0 Å². The number of carbonyl (C=O) groups excluding carboxylic acids is 2. The number of thioether (sulfide) groups is 1. The number of rotatable bonds is 10. The van der Waals surface area contributed by atoms with Crippen LogP contribution in [0.3, 0.4) is 0 Å². The van der Waals surface area contributed by atoms with E-state index in [1.807, 2.05) is 11.8 Å². The largest absolute Gasteiger partial charge is 0.352 e. The molecule has 5 heteroatoms. The zero-order valence-electron chi connectivity index (χ0n) is 13.9. The van der Waals surface area contributed by atoms with Crippen molar-refractivity contribution in [3.63, 3.8) is 0 Å². The summed E-state index contributed by atoms with van der Waals surface area (Å²) in [4.78, 5) is 23.2. The molecule has 0 aliphatic carbocycles. The van der Waals surface area contributed by atoms with E-state index in [0.717, 1.165) is 50.8 Å². The maximum atomic E-state index is 11.8. The molecule has 4 nitrogen and oxygen atoms in total. The highest BCUT2D eigenvalue weighted by Gasteiger charge is 2.42. The lowest BCUT2D eigenvalue weighted by molar-refractivity contribution is -0.120. The van der Waals surface area contributed by atoms with E-state index in [4.69, 9.17) is 0 Å². The average Bonchev–Trinajstić information content (AvgIpc) is 2.99. The van der Waals surface area contributed by atoms with Crippen LogP contribution >= 0.6 is 11.8 Å². The Kier molecular flexibility index (Phi) is 7.22. The topological polar surface area (TPSA) is 58.2 Å². The van der Waals surface area contributed by atoms with E-state index in [1.54, 1.807) is 0 Å². The van der Waals surface area contributed by atoms with Crippen LogP contribution in [0.4, 0.5) is 0 Å². The SMILES string of the molecule is CC(C)NCCCC(=O)CCCC[C@@H]1SC[C@@H]2CC(=O)N[C@@H]21. The highest BCUT2D eigenvalue weighted by atomic mass is 32.2. The van der Waals surface area contributed by atoms with Crippen molar-refractivity contribution in [2.45, 2.75) is 76.1 Å². The fourth-order valence-corrected chi connectivity index (χ4v) is 5.02. The minimum Gasteiger partial charge on any atom is -0.352 e. The highest BCUT2D eigenvalue weighted by Crippen LogP contribution is 2.39. The van der Waals surface area contributed by atoms with Crippen LogP contribution in [0.25, 0.3) is 0 Å². The summed E-state index contributed by atoms with van der Waals surface area (Å²) in [5, 5.41) is 7.04. The molecule has 2 aliphatic rings. The standard InChI is InChI=1S/C17H30N2O2S/c1-12(2)18-9-5-7-14(20)6-3-4-8-15-17-13(11-22-15)10-16(21)19-17/h12-13,15,17-18H,3-11H2,1-2H3,(H,19,21)/t13-,15-,17-/m0/s1. The van der Waals surface area contributed by atoms with Crippen molar-refractivity contribution in [2.75, 3.05) is 12.3 Å². The van der Waals surface area contributed by atoms with Crippen LogP contribution in [0.2, 0.25) is 0 Å². The molecule has 0 unspecified atom stereocenters. The smallest absolute Gasteiger partial charge is 0.220 e. The molecule has 0 saturated carbocycles. The molecule has 0 bridgehead atoms. The summed E-state index contributed by atoms with van der Waals surface area (Å²) in [5.74, 6) is 2.30. The van der Waals surface area contributed by atoms with Crippen LogP contribution in [0, 0.1) is 5.92 Å². The summed E-state index contributed by atoms with van der Waals surface area (Å²) in [5.41, 5.74) is 0. The van der Waals surface area contributed by atoms with Gasteiger partial charge in [0.05, 0.1) is 0 Å². The number of hydrogen-bond acceptors (Lipinski definition) is 4. The first-order chi connectivity index (χ1) is 10.6. The van der Waals surface area contributed by atoms with Gasteiger partial charge in [-0.25, -0.2) is 0 Å². The van der Waals surface area contributed by atoms with E-state index in [0.29, 0.717) is 35.5 Å². The predicted octanol–water partition coefficient (Wildman–Crippen LogP) is 2.51. The van der Waals surface area contributed by atoms with Crippen molar-refractivity contribution < 1.29 is 9.59 Å². The first kappa shape index (κ1) is 17.8. The Labute approximate surface area is 138 Å². The van der Waals surface area contributed by atoms with E-state index < -0.39 is 0 Å².